The van der Waals surface area contributed by atoms with Gasteiger partial charge in [-0.2, -0.15) is 12.6 Å². The van der Waals surface area contributed by atoms with E-state index in [1.807, 2.05) is 35.2 Å². The van der Waals surface area contributed by atoms with Gasteiger partial charge in [-0.15, -0.1) is 0 Å². The zero-order valence-corrected chi connectivity index (χ0v) is 13.1. The van der Waals surface area contributed by atoms with E-state index in [4.69, 9.17) is 9.47 Å². The molecule has 0 fully saturated rings. The van der Waals surface area contributed by atoms with Gasteiger partial charge in [0.2, 0.25) is 0 Å². The molecule has 0 amide bonds. The summed E-state index contributed by atoms with van der Waals surface area (Å²) in [6, 6.07) is 9.95. The van der Waals surface area contributed by atoms with Crippen molar-refractivity contribution < 1.29 is 9.47 Å². The molecule has 1 aromatic rings. The van der Waals surface area contributed by atoms with Crippen LogP contribution in [0.15, 0.2) is 47.6 Å². The Hall–Kier alpha value is -1.30. The highest BCUT2D eigenvalue weighted by atomic mass is 32.1. The number of rotatable bonds is 7. The molecule has 1 aromatic carbocycles. The van der Waals surface area contributed by atoms with E-state index in [1.165, 1.54) is 0 Å². The van der Waals surface area contributed by atoms with Gasteiger partial charge in [-0.05, 0) is 12.1 Å². The molecule has 0 saturated heterocycles. The first-order valence-corrected chi connectivity index (χ1v) is 6.96. The Morgan fingerprint density at radius 2 is 1.90 bits per heavy atom. The minimum absolute atomic E-state index is 0.327. The van der Waals surface area contributed by atoms with E-state index < -0.39 is 0 Å². The summed E-state index contributed by atoms with van der Waals surface area (Å²) in [4.78, 5) is 6.27. The van der Waals surface area contributed by atoms with Crippen LogP contribution in [0, 0.1) is 0 Å². The molecule has 0 saturated carbocycles. The fourth-order valence-electron chi connectivity index (χ4n) is 1.88. The molecule has 1 rings (SSSR count). The van der Waals surface area contributed by atoms with Crippen LogP contribution in [0.3, 0.4) is 0 Å². The third kappa shape index (κ3) is 4.37. The maximum Gasteiger partial charge on any atom is 0.162 e. The first kappa shape index (κ1) is 16.8. The summed E-state index contributed by atoms with van der Waals surface area (Å²) in [6.45, 7) is 4.14. The van der Waals surface area contributed by atoms with Crippen LogP contribution in [-0.4, -0.2) is 39.1 Å². The maximum atomic E-state index is 5.23. The quantitative estimate of drug-likeness (QED) is 0.363. The van der Waals surface area contributed by atoms with Crippen molar-refractivity contribution in [3.05, 3.63) is 42.6 Å². The lowest BCUT2D eigenvalue weighted by Gasteiger charge is -2.29. The standard InChI is InChI=1S/C15H22N2O2S/c1-12(10-15(18-3)19-4)17(14(11-20)16-2)13-8-6-5-7-9-13/h5-9,15,20H,1,10-11H2,2-4H3. The molecular weight excluding hydrogens is 272 g/mol. The first-order chi connectivity index (χ1) is 9.67. The molecule has 0 aliphatic carbocycles. The fourth-order valence-corrected chi connectivity index (χ4v) is 2.16. The lowest BCUT2D eigenvalue weighted by Crippen LogP contribution is -2.33. The number of hydrogen-bond donors (Lipinski definition) is 1. The van der Waals surface area contributed by atoms with Crippen molar-refractivity contribution >= 4 is 24.2 Å². The molecule has 0 unspecified atom stereocenters. The van der Waals surface area contributed by atoms with E-state index in [0.717, 1.165) is 17.2 Å². The lowest BCUT2D eigenvalue weighted by molar-refractivity contribution is -0.100. The van der Waals surface area contributed by atoms with Crippen molar-refractivity contribution in [3.63, 3.8) is 0 Å². The SMILES string of the molecule is C=C(CC(OC)OC)N(C(CS)=NC)c1ccccc1. The number of ether oxygens (including phenoxy) is 2. The summed E-state index contributed by atoms with van der Waals surface area (Å²) in [5.74, 6) is 1.35. The number of methoxy groups -OCH3 is 2. The summed E-state index contributed by atoms with van der Waals surface area (Å²) < 4.78 is 10.5. The summed E-state index contributed by atoms with van der Waals surface area (Å²) in [6.07, 6.45) is 0.223. The Kier molecular flexibility index (Phi) is 7.36. The molecule has 0 atom stereocenters. The van der Waals surface area contributed by atoms with Gasteiger partial charge in [-0.1, -0.05) is 24.8 Å². The van der Waals surface area contributed by atoms with E-state index in [1.54, 1.807) is 21.3 Å². The molecule has 0 heterocycles. The summed E-state index contributed by atoms with van der Waals surface area (Å²) in [5.41, 5.74) is 1.85. The van der Waals surface area contributed by atoms with Crippen molar-refractivity contribution in [3.8, 4) is 0 Å². The number of aliphatic imine (C=N–C) groups is 1. The average molecular weight is 294 g/mol. The predicted octanol–water partition coefficient (Wildman–Crippen LogP) is 2.97. The molecule has 20 heavy (non-hydrogen) atoms. The Bertz CT molecular complexity index is 444. The van der Waals surface area contributed by atoms with Gasteiger partial charge in [-0.25, -0.2) is 0 Å². The van der Waals surface area contributed by atoms with Gasteiger partial charge in [0.05, 0.1) is 0 Å². The van der Waals surface area contributed by atoms with Gasteiger partial charge in [0.1, 0.15) is 5.84 Å². The van der Waals surface area contributed by atoms with Gasteiger partial charge in [0, 0.05) is 44.8 Å². The zero-order valence-electron chi connectivity index (χ0n) is 12.2. The van der Waals surface area contributed by atoms with Crippen LogP contribution in [0.5, 0.6) is 0 Å². The van der Waals surface area contributed by atoms with E-state index in [9.17, 15) is 0 Å². The van der Waals surface area contributed by atoms with E-state index in [-0.39, 0.29) is 6.29 Å². The molecule has 0 N–H and O–H groups in total. The number of benzene rings is 1. The van der Waals surface area contributed by atoms with Crippen LogP contribution in [0.1, 0.15) is 6.42 Å². The molecule has 110 valence electrons. The van der Waals surface area contributed by atoms with Crippen LogP contribution < -0.4 is 4.90 Å². The number of thiol groups is 1. The van der Waals surface area contributed by atoms with Crippen LogP contribution in [-0.2, 0) is 9.47 Å². The number of anilines is 1. The van der Waals surface area contributed by atoms with Gasteiger partial charge >= 0.3 is 0 Å². The third-order valence-corrected chi connectivity index (χ3v) is 3.20. The van der Waals surface area contributed by atoms with Gasteiger partial charge in [-0.3, -0.25) is 4.99 Å². The van der Waals surface area contributed by atoms with Gasteiger partial charge in [0.15, 0.2) is 6.29 Å². The van der Waals surface area contributed by atoms with Gasteiger partial charge < -0.3 is 14.4 Å². The summed E-state index contributed by atoms with van der Waals surface area (Å²) in [7, 11) is 4.97. The molecule has 0 aliphatic heterocycles. The topological polar surface area (TPSA) is 34.1 Å². The largest absolute Gasteiger partial charge is 0.356 e. The van der Waals surface area contributed by atoms with Crippen molar-refractivity contribution in [1.29, 1.82) is 0 Å². The fraction of sp³-hybridized carbons (Fsp3) is 0.400. The van der Waals surface area contributed by atoms with E-state index >= 15 is 0 Å². The summed E-state index contributed by atoms with van der Waals surface area (Å²) in [5, 5.41) is 0. The van der Waals surface area contributed by atoms with Crippen molar-refractivity contribution in [2.75, 3.05) is 31.9 Å². The Morgan fingerprint density at radius 1 is 1.30 bits per heavy atom. The minimum atomic E-state index is -0.327. The second kappa shape index (κ2) is 8.79. The third-order valence-electron chi connectivity index (χ3n) is 2.92. The molecule has 5 heteroatoms. The molecular formula is C15H22N2O2S. The maximum absolute atomic E-state index is 5.23. The van der Waals surface area contributed by atoms with Gasteiger partial charge in [0.25, 0.3) is 0 Å². The molecule has 4 nitrogen and oxygen atoms in total. The van der Waals surface area contributed by atoms with Crippen LogP contribution in [0.25, 0.3) is 0 Å². The Labute approximate surface area is 126 Å². The van der Waals surface area contributed by atoms with Crippen LogP contribution in [0.2, 0.25) is 0 Å². The predicted molar refractivity (Wildman–Crippen MR) is 87.7 cm³/mol. The average Bonchev–Trinajstić information content (AvgIpc) is 2.50. The van der Waals surface area contributed by atoms with Crippen LogP contribution >= 0.6 is 12.6 Å². The smallest absolute Gasteiger partial charge is 0.162 e. The molecule has 0 radical (unpaired) electrons. The number of hydrogen-bond acceptors (Lipinski definition) is 4. The molecule has 0 aliphatic rings. The van der Waals surface area contributed by atoms with E-state index in [2.05, 4.69) is 24.2 Å². The number of para-hydroxylation sites is 1. The van der Waals surface area contributed by atoms with Crippen molar-refractivity contribution in [1.82, 2.24) is 0 Å². The number of amidine groups is 1. The lowest BCUT2D eigenvalue weighted by atomic mass is 10.2. The molecule has 0 spiro atoms. The van der Waals surface area contributed by atoms with Crippen LogP contribution in [0.4, 0.5) is 5.69 Å². The first-order valence-electron chi connectivity index (χ1n) is 6.33. The molecule has 0 bridgehead atoms. The second-order valence-corrected chi connectivity index (χ2v) is 4.46. The van der Waals surface area contributed by atoms with E-state index in [0.29, 0.717) is 12.2 Å². The van der Waals surface area contributed by atoms with Crippen molar-refractivity contribution in [2.24, 2.45) is 4.99 Å². The minimum Gasteiger partial charge on any atom is -0.356 e. The number of nitrogens with zero attached hydrogens (tertiary/aromatic N) is 2. The zero-order chi connectivity index (χ0) is 15.0. The van der Waals surface area contributed by atoms with Crippen molar-refractivity contribution in [2.45, 2.75) is 12.7 Å². The second-order valence-electron chi connectivity index (χ2n) is 4.14. The monoisotopic (exact) mass is 294 g/mol. The Balaban J connectivity index is 3.03. The Morgan fingerprint density at radius 3 is 2.35 bits per heavy atom. The molecule has 0 aromatic heterocycles. The highest BCUT2D eigenvalue weighted by Crippen LogP contribution is 2.22. The summed E-state index contributed by atoms with van der Waals surface area (Å²) >= 11 is 4.34. The highest BCUT2D eigenvalue weighted by molar-refractivity contribution is 7.81. The normalized spacial score (nSPS) is 11.8. The highest BCUT2D eigenvalue weighted by Gasteiger charge is 2.18.